The lowest BCUT2D eigenvalue weighted by Crippen LogP contribution is -2.44. The Morgan fingerprint density at radius 1 is 1.52 bits per heavy atom. The van der Waals surface area contributed by atoms with Crippen LogP contribution in [0.5, 0.6) is 0 Å². The van der Waals surface area contributed by atoms with E-state index in [-0.39, 0.29) is 11.7 Å². The van der Waals surface area contributed by atoms with E-state index in [1.807, 2.05) is 6.07 Å². The molecule has 1 fully saturated rings. The summed E-state index contributed by atoms with van der Waals surface area (Å²) in [5.74, 6) is -0.879. The van der Waals surface area contributed by atoms with Gasteiger partial charge in [-0.25, -0.2) is 4.39 Å². The maximum absolute atomic E-state index is 13.9. The second-order valence-corrected chi connectivity index (χ2v) is 7.25. The second-order valence-electron chi connectivity index (χ2n) is 6.34. The lowest BCUT2D eigenvalue weighted by molar-refractivity contribution is -0.151. The van der Waals surface area contributed by atoms with Crippen molar-refractivity contribution in [2.24, 2.45) is 11.3 Å². The van der Waals surface area contributed by atoms with E-state index in [0.29, 0.717) is 18.7 Å². The normalized spacial score (nSPS) is 20.5. The lowest BCUT2D eigenvalue weighted by atomic mass is 9.74. The molecule has 5 heteroatoms. The highest BCUT2D eigenvalue weighted by Crippen LogP contribution is 2.34. The van der Waals surface area contributed by atoms with Crippen LogP contribution in [0.3, 0.4) is 0 Å². The Morgan fingerprint density at radius 3 is 2.86 bits per heavy atom. The van der Waals surface area contributed by atoms with Gasteiger partial charge in [0.2, 0.25) is 0 Å². The van der Waals surface area contributed by atoms with Crippen LogP contribution in [0.4, 0.5) is 4.39 Å². The molecule has 1 saturated heterocycles. The van der Waals surface area contributed by atoms with E-state index in [0.717, 1.165) is 23.9 Å². The van der Waals surface area contributed by atoms with Crippen LogP contribution in [0.25, 0.3) is 0 Å². The van der Waals surface area contributed by atoms with E-state index in [2.05, 4.69) is 20.8 Å². The Kier molecular flexibility index (Phi) is 5.04. The molecule has 0 aliphatic carbocycles. The Labute approximate surface area is 133 Å². The summed E-state index contributed by atoms with van der Waals surface area (Å²) < 4.78 is 14.6. The van der Waals surface area contributed by atoms with Gasteiger partial charge in [-0.05, 0) is 51.3 Å². The minimum absolute atomic E-state index is 0.0993. The Morgan fingerprint density at radius 2 is 2.24 bits per heavy atom. The highest BCUT2D eigenvalue weighted by Gasteiger charge is 2.39. The first kappa shape index (κ1) is 16.4. The van der Waals surface area contributed by atoms with Crippen molar-refractivity contribution in [3.05, 3.63) is 34.1 Å². The molecule has 0 spiro atoms. The Balaban J connectivity index is 2.06. The van der Waals surface area contributed by atoms with E-state index in [4.69, 9.17) is 0 Å². The number of halogens is 2. The summed E-state index contributed by atoms with van der Waals surface area (Å²) >= 11 is 3.25. The number of carboxylic acid groups (broad SMARTS) is 1. The summed E-state index contributed by atoms with van der Waals surface area (Å²) in [6.07, 6.45) is 1.87. The quantitative estimate of drug-likeness (QED) is 0.887. The summed E-state index contributed by atoms with van der Waals surface area (Å²) in [5, 5.41) is 9.36. The second kappa shape index (κ2) is 6.44. The van der Waals surface area contributed by atoms with Gasteiger partial charge in [0.25, 0.3) is 0 Å². The first-order valence-electron chi connectivity index (χ1n) is 7.20. The zero-order valence-electron chi connectivity index (χ0n) is 12.4. The van der Waals surface area contributed by atoms with Gasteiger partial charge in [-0.3, -0.25) is 9.69 Å². The fraction of sp³-hybridized carbons (Fsp3) is 0.562. The van der Waals surface area contributed by atoms with Gasteiger partial charge >= 0.3 is 5.97 Å². The van der Waals surface area contributed by atoms with Crippen LogP contribution >= 0.6 is 15.9 Å². The predicted molar refractivity (Wildman–Crippen MR) is 83.5 cm³/mol. The molecule has 116 valence electrons. The molecular formula is C16H21BrFNO2. The third kappa shape index (κ3) is 3.83. The SMILES string of the molecule is CC(C)(C(=O)O)C1CCCN(Cc2ccc(Br)cc2F)C1. The highest BCUT2D eigenvalue weighted by molar-refractivity contribution is 9.10. The summed E-state index contributed by atoms with van der Waals surface area (Å²) in [6.45, 7) is 5.69. The molecule has 0 bridgehead atoms. The Hall–Kier alpha value is -0.940. The van der Waals surface area contributed by atoms with Crippen LogP contribution in [-0.4, -0.2) is 29.1 Å². The number of hydrogen-bond donors (Lipinski definition) is 1. The molecule has 0 amide bonds. The van der Waals surface area contributed by atoms with Crippen molar-refractivity contribution in [1.82, 2.24) is 4.90 Å². The van der Waals surface area contributed by atoms with Crippen LogP contribution in [0.1, 0.15) is 32.3 Å². The molecule has 1 aromatic carbocycles. The minimum Gasteiger partial charge on any atom is -0.481 e. The van der Waals surface area contributed by atoms with E-state index in [9.17, 15) is 14.3 Å². The highest BCUT2D eigenvalue weighted by atomic mass is 79.9. The summed E-state index contributed by atoms with van der Waals surface area (Å²) in [6, 6.07) is 5.09. The standard InChI is InChI=1S/C16H21BrFNO2/c1-16(2,15(20)21)12-4-3-7-19(10-12)9-11-5-6-13(17)8-14(11)18/h5-6,8,12H,3-4,7,9-10H2,1-2H3,(H,20,21). The zero-order valence-corrected chi connectivity index (χ0v) is 14.0. The molecule has 0 saturated carbocycles. The maximum Gasteiger partial charge on any atom is 0.309 e. The van der Waals surface area contributed by atoms with Crippen LogP contribution in [-0.2, 0) is 11.3 Å². The molecule has 1 aliphatic rings. The molecule has 1 heterocycles. The van der Waals surface area contributed by atoms with Crippen LogP contribution in [0.15, 0.2) is 22.7 Å². The number of aliphatic carboxylic acids is 1. The van der Waals surface area contributed by atoms with Gasteiger partial charge in [-0.15, -0.1) is 0 Å². The summed E-state index contributed by atoms with van der Waals surface area (Å²) in [7, 11) is 0. The van der Waals surface area contributed by atoms with E-state index >= 15 is 0 Å². The van der Waals surface area contributed by atoms with Gasteiger partial charge in [-0.1, -0.05) is 22.0 Å². The van der Waals surface area contributed by atoms with Crippen molar-refractivity contribution in [2.75, 3.05) is 13.1 Å². The fourth-order valence-corrected chi connectivity index (χ4v) is 3.19. The van der Waals surface area contributed by atoms with E-state index < -0.39 is 11.4 Å². The molecule has 21 heavy (non-hydrogen) atoms. The third-order valence-corrected chi connectivity index (χ3v) is 4.98. The number of piperidine rings is 1. The van der Waals surface area contributed by atoms with Gasteiger partial charge in [0.1, 0.15) is 5.82 Å². The predicted octanol–water partition coefficient (Wildman–Crippen LogP) is 3.91. The monoisotopic (exact) mass is 357 g/mol. The number of carbonyl (C=O) groups is 1. The molecule has 1 atom stereocenters. The summed E-state index contributed by atoms with van der Waals surface area (Å²) in [5.41, 5.74) is -0.0799. The van der Waals surface area contributed by atoms with Gasteiger partial charge in [0, 0.05) is 23.1 Å². The lowest BCUT2D eigenvalue weighted by Gasteiger charge is -2.39. The van der Waals surface area contributed by atoms with Crippen LogP contribution in [0, 0.1) is 17.2 Å². The van der Waals surface area contributed by atoms with Crippen LogP contribution in [0.2, 0.25) is 0 Å². The average Bonchev–Trinajstić information content (AvgIpc) is 2.42. The number of carboxylic acids is 1. The van der Waals surface area contributed by atoms with Gasteiger partial charge < -0.3 is 5.11 Å². The van der Waals surface area contributed by atoms with Crippen molar-refractivity contribution in [2.45, 2.75) is 33.2 Å². The van der Waals surface area contributed by atoms with E-state index in [1.54, 1.807) is 19.9 Å². The van der Waals surface area contributed by atoms with Gasteiger partial charge in [-0.2, -0.15) is 0 Å². The Bertz CT molecular complexity index is 533. The van der Waals surface area contributed by atoms with Gasteiger partial charge in [0.15, 0.2) is 0 Å². The number of rotatable bonds is 4. The number of likely N-dealkylation sites (tertiary alicyclic amines) is 1. The first-order valence-corrected chi connectivity index (χ1v) is 7.99. The molecule has 1 aromatic rings. The minimum atomic E-state index is -0.760. The van der Waals surface area contributed by atoms with Gasteiger partial charge in [0.05, 0.1) is 5.41 Å². The molecule has 3 nitrogen and oxygen atoms in total. The molecule has 0 radical (unpaired) electrons. The molecular weight excluding hydrogens is 337 g/mol. The third-order valence-electron chi connectivity index (χ3n) is 4.49. The molecule has 1 N–H and O–H groups in total. The summed E-state index contributed by atoms with van der Waals surface area (Å²) in [4.78, 5) is 13.6. The number of benzene rings is 1. The molecule has 2 rings (SSSR count). The van der Waals surface area contributed by atoms with Crippen molar-refractivity contribution in [3.8, 4) is 0 Å². The zero-order chi connectivity index (χ0) is 15.6. The molecule has 1 unspecified atom stereocenters. The van der Waals surface area contributed by atoms with Crippen molar-refractivity contribution >= 4 is 21.9 Å². The molecule has 1 aliphatic heterocycles. The maximum atomic E-state index is 13.9. The van der Waals surface area contributed by atoms with E-state index in [1.165, 1.54) is 6.07 Å². The van der Waals surface area contributed by atoms with Crippen molar-refractivity contribution < 1.29 is 14.3 Å². The average molecular weight is 358 g/mol. The molecule has 0 aromatic heterocycles. The number of hydrogen-bond acceptors (Lipinski definition) is 2. The topological polar surface area (TPSA) is 40.5 Å². The fourth-order valence-electron chi connectivity index (χ4n) is 2.85. The largest absolute Gasteiger partial charge is 0.481 e. The van der Waals surface area contributed by atoms with Crippen molar-refractivity contribution in [3.63, 3.8) is 0 Å². The van der Waals surface area contributed by atoms with Crippen molar-refractivity contribution in [1.29, 1.82) is 0 Å². The number of nitrogens with zero attached hydrogens (tertiary/aromatic N) is 1. The first-order chi connectivity index (χ1) is 9.80. The smallest absolute Gasteiger partial charge is 0.309 e. The van der Waals surface area contributed by atoms with Crippen LogP contribution < -0.4 is 0 Å².